The van der Waals surface area contributed by atoms with Crippen molar-refractivity contribution in [3.63, 3.8) is 0 Å². The average Bonchev–Trinajstić information content (AvgIpc) is 2.77. The van der Waals surface area contributed by atoms with Crippen molar-refractivity contribution >= 4 is 53.9 Å². The van der Waals surface area contributed by atoms with Crippen LogP contribution in [0.25, 0.3) is 30.9 Å². The Kier molecular flexibility index (Phi) is 2.09. The average molecular weight is 265 g/mol. The maximum absolute atomic E-state index is 11.3. The third-order valence-corrected chi connectivity index (χ3v) is 4.60. The minimum absolute atomic E-state index is 0.0330. The van der Waals surface area contributed by atoms with Crippen molar-refractivity contribution in [1.29, 1.82) is 0 Å². The highest BCUT2D eigenvalue weighted by atomic mass is 32.1. The van der Waals surface area contributed by atoms with Gasteiger partial charge in [0, 0.05) is 38.2 Å². The topological polar surface area (TPSA) is 29.1 Å². The molecule has 0 unspecified atom stereocenters. The van der Waals surface area contributed by atoms with E-state index in [1.165, 1.54) is 25.6 Å². The van der Waals surface area contributed by atoms with Crippen LogP contribution in [0.5, 0.6) is 0 Å². The van der Waals surface area contributed by atoms with E-state index in [0.29, 0.717) is 0 Å². The van der Waals surface area contributed by atoms with Gasteiger partial charge in [-0.15, -0.1) is 11.3 Å². The Morgan fingerprint density at radius 2 is 1.84 bits per heavy atom. The van der Waals surface area contributed by atoms with E-state index in [4.69, 9.17) is 0 Å². The van der Waals surface area contributed by atoms with E-state index < -0.39 is 0 Å². The van der Waals surface area contributed by atoms with Gasteiger partial charge in [0.15, 0.2) is 0 Å². The summed E-state index contributed by atoms with van der Waals surface area (Å²) in [5, 5.41) is 7.88. The molecule has 3 aromatic carbocycles. The second-order valence-corrected chi connectivity index (χ2v) is 5.82. The number of benzene rings is 3. The van der Waals surface area contributed by atoms with E-state index >= 15 is 0 Å². The Morgan fingerprint density at radius 1 is 1.00 bits per heavy atom. The van der Waals surface area contributed by atoms with Gasteiger partial charge in [-0.3, -0.25) is 4.79 Å². The zero-order chi connectivity index (χ0) is 13.0. The number of thiophene rings is 1. The molecular formula is C16H11NOS. The molecule has 2 nitrogen and oxygen atoms in total. The molecule has 4 aromatic rings. The van der Waals surface area contributed by atoms with Crippen molar-refractivity contribution in [2.45, 2.75) is 6.92 Å². The number of rotatable bonds is 1. The van der Waals surface area contributed by atoms with Crippen LogP contribution in [0.2, 0.25) is 0 Å². The summed E-state index contributed by atoms with van der Waals surface area (Å²) in [6.07, 6.45) is 0. The van der Waals surface area contributed by atoms with Crippen LogP contribution in [0.1, 0.15) is 6.92 Å². The number of amides is 1. The van der Waals surface area contributed by atoms with E-state index in [1.54, 1.807) is 18.3 Å². The molecular weight excluding hydrogens is 254 g/mol. The Labute approximate surface area is 114 Å². The molecule has 92 valence electrons. The molecule has 19 heavy (non-hydrogen) atoms. The van der Waals surface area contributed by atoms with Crippen LogP contribution in [0, 0.1) is 0 Å². The second kappa shape index (κ2) is 3.68. The Hall–Kier alpha value is -2.13. The maximum Gasteiger partial charge on any atom is 0.221 e. The van der Waals surface area contributed by atoms with E-state index in [2.05, 4.69) is 41.7 Å². The highest BCUT2D eigenvalue weighted by molar-refractivity contribution is 7.26. The van der Waals surface area contributed by atoms with Crippen LogP contribution in [0.3, 0.4) is 0 Å². The fourth-order valence-electron chi connectivity index (χ4n) is 2.75. The standard InChI is InChI=1S/C16H11NOS/c1-9(18)17-12-7-8-14-16-11(12)6-5-10-3-2-4-13(19-14)15(10)16/h2-8H,1H3,(H,17,18). The second-order valence-electron chi connectivity index (χ2n) is 4.74. The maximum atomic E-state index is 11.3. The molecule has 3 heteroatoms. The summed E-state index contributed by atoms with van der Waals surface area (Å²) in [6, 6.07) is 14.7. The smallest absolute Gasteiger partial charge is 0.221 e. The monoisotopic (exact) mass is 265 g/mol. The molecule has 0 bridgehead atoms. The molecule has 0 spiro atoms. The molecule has 0 radical (unpaired) electrons. The summed E-state index contributed by atoms with van der Waals surface area (Å²) >= 11 is 1.80. The van der Waals surface area contributed by atoms with Gasteiger partial charge < -0.3 is 5.32 Å². The first-order chi connectivity index (χ1) is 9.24. The van der Waals surface area contributed by atoms with Gasteiger partial charge in [0.25, 0.3) is 0 Å². The lowest BCUT2D eigenvalue weighted by Gasteiger charge is -2.08. The van der Waals surface area contributed by atoms with Crippen LogP contribution < -0.4 is 5.32 Å². The molecule has 0 aliphatic rings. The van der Waals surface area contributed by atoms with Crippen LogP contribution in [-0.2, 0) is 4.79 Å². The molecule has 0 aliphatic heterocycles. The van der Waals surface area contributed by atoms with E-state index in [1.807, 2.05) is 6.07 Å². The van der Waals surface area contributed by atoms with Crippen molar-refractivity contribution in [1.82, 2.24) is 0 Å². The van der Waals surface area contributed by atoms with E-state index in [9.17, 15) is 4.79 Å². The summed E-state index contributed by atoms with van der Waals surface area (Å²) in [5.74, 6) is -0.0330. The molecule has 1 amide bonds. The molecule has 1 heterocycles. The predicted molar refractivity (Wildman–Crippen MR) is 82.3 cm³/mol. The molecule has 0 fully saturated rings. The molecule has 0 atom stereocenters. The highest BCUT2D eigenvalue weighted by Crippen LogP contribution is 2.42. The third kappa shape index (κ3) is 1.45. The number of hydrogen-bond donors (Lipinski definition) is 1. The fraction of sp³-hybridized carbons (Fsp3) is 0.0625. The van der Waals surface area contributed by atoms with Gasteiger partial charge in [-0.25, -0.2) is 0 Å². The predicted octanol–water partition coefficient (Wildman–Crippen LogP) is 4.60. The first-order valence-corrected chi connectivity index (χ1v) is 6.99. The zero-order valence-corrected chi connectivity index (χ0v) is 11.2. The third-order valence-electron chi connectivity index (χ3n) is 3.48. The number of carbonyl (C=O) groups is 1. The minimum Gasteiger partial charge on any atom is -0.326 e. The van der Waals surface area contributed by atoms with Crippen LogP contribution >= 0.6 is 11.3 Å². The molecule has 0 saturated carbocycles. The van der Waals surface area contributed by atoms with E-state index in [-0.39, 0.29) is 5.91 Å². The molecule has 1 aromatic heterocycles. The summed E-state index contributed by atoms with van der Waals surface area (Å²) < 4.78 is 2.58. The quantitative estimate of drug-likeness (QED) is 0.500. The van der Waals surface area contributed by atoms with Crippen molar-refractivity contribution in [2.24, 2.45) is 0 Å². The Bertz CT molecular complexity index is 922. The van der Waals surface area contributed by atoms with E-state index in [0.717, 1.165) is 11.1 Å². The zero-order valence-electron chi connectivity index (χ0n) is 10.4. The van der Waals surface area contributed by atoms with Crippen molar-refractivity contribution in [3.8, 4) is 0 Å². The van der Waals surface area contributed by atoms with Gasteiger partial charge in [0.1, 0.15) is 0 Å². The summed E-state index contributed by atoms with van der Waals surface area (Å²) in [7, 11) is 0. The SMILES string of the molecule is CC(=O)Nc1ccc2sc3cccc4ccc1c2c43. The molecule has 4 rings (SSSR count). The van der Waals surface area contributed by atoms with Crippen LogP contribution in [0.4, 0.5) is 5.69 Å². The van der Waals surface area contributed by atoms with Gasteiger partial charge in [0.2, 0.25) is 5.91 Å². The van der Waals surface area contributed by atoms with Crippen LogP contribution in [0.15, 0.2) is 42.5 Å². The summed E-state index contributed by atoms with van der Waals surface area (Å²) in [4.78, 5) is 11.3. The minimum atomic E-state index is -0.0330. The number of hydrogen-bond acceptors (Lipinski definition) is 2. The van der Waals surface area contributed by atoms with Gasteiger partial charge in [-0.2, -0.15) is 0 Å². The van der Waals surface area contributed by atoms with Crippen LogP contribution in [-0.4, -0.2) is 5.91 Å². The van der Waals surface area contributed by atoms with Gasteiger partial charge in [0.05, 0.1) is 0 Å². The lowest BCUT2D eigenvalue weighted by molar-refractivity contribution is -0.114. The lowest BCUT2D eigenvalue weighted by atomic mass is 10.0. The largest absolute Gasteiger partial charge is 0.326 e. The fourth-order valence-corrected chi connectivity index (χ4v) is 3.90. The van der Waals surface area contributed by atoms with Gasteiger partial charge >= 0.3 is 0 Å². The lowest BCUT2D eigenvalue weighted by Crippen LogP contribution is -2.05. The number of carbonyl (C=O) groups excluding carboxylic acids is 1. The first-order valence-electron chi connectivity index (χ1n) is 6.18. The number of anilines is 1. The molecule has 1 N–H and O–H groups in total. The van der Waals surface area contributed by atoms with Crippen molar-refractivity contribution < 1.29 is 4.79 Å². The van der Waals surface area contributed by atoms with Crippen molar-refractivity contribution in [2.75, 3.05) is 5.32 Å². The first kappa shape index (κ1) is 10.8. The molecule has 0 saturated heterocycles. The summed E-state index contributed by atoms with van der Waals surface area (Å²) in [5.41, 5.74) is 0.894. The van der Waals surface area contributed by atoms with Gasteiger partial charge in [-0.1, -0.05) is 24.3 Å². The molecule has 0 aliphatic carbocycles. The highest BCUT2D eigenvalue weighted by Gasteiger charge is 2.13. The number of nitrogens with one attached hydrogen (secondary N) is 1. The normalized spacial score (nSPS) is 11.6. The Morgan fingerprint density at radius 3 is 2.68 bits per heavy atom. The Balaban J connectivity index is 2.21. The van der Waals surface area contributed by atoms with Gasteiger partial charge in [-0.05, 0) is 23.6 Å². The van der Waals surface area contributed by atoms with Crippen molar-refractivity contribution in [3.05, 3.63) is 42.5 Å². The summed E-state index contributed by atoms with van der Waals surface area (Å²) in [6.45, 7) is 1.54.